The molecule has 0 aliphatic carbocycles. The zero-order valence-corrected chi connectivity index (χ0v) is 19.0. The lowest BCUT2D eigenvalue weighted by molar-refractivity contribution is -0.152. The highest BCUT2D eigenvalue weighted by molar-refractivity contribution is 6.12. The summed E-state index contributed by atoms with van der Waals surface area (Å²) in [4.78, 5) is 39.6. The van der Waals surface area contributed by atoms with Gasteiger partial charge in [0.1, 0.15) is 18.0 Å². The van der Waals surface area contributed by atoms with E-state index in [9.17, 15) is 19.5 Å². The fourth-order valence-electron chi connectivity index (χ4n) is 3.56. The molecule has 8 nitrogen and oxygen atoms in total. The summed E-state index contributed by atoms with van der Waals surface area (Å²) in [6.45, 7) is 9.12. The Bertz CT molecular complexity index is 1020. The number of anilines is 1. The van der Waals surface area contributed by atoms with Crippen molar-refractivity contribution in [2.75, 3.05) is 18.1 Å². The number of imide groups is 1. The summed E-state index contributed by atoms with van der Waals surface area (Å²) >= 11 is 0. The molecule has 0 saturated carbocycles. The van der Waals surface area contributed by atoms with Gasteiger partial charge in [-0.15, -0.1) is 0 Å². The number of ether oxygens (including phenoxy) is 2. The van der Waals surface area contributed by atoms with Crippen LogP contribution in [0.5, 0.6) is 11.5 Å². The fraction of sp³-hybridized carbons (Fsp3) is 0.375. The van der Waals surface area contributed by atoms with Crippen LogP contribution in [0, 0.1) is 13.8 Å². The number of rotatable bonds is 8. The normalized spacial score (nSPS) is 14.2. The van der Waals surface area contributed by atoms with Crippen LogP contribution in [0.15, 0.2) is 36.4 Å². The summed E-state index contributed by atoms with van der Waals surface area (Å²) in [6, 6.07) is 10.3. The van der Waals surface area contributed by atoms with Crippen LogP contribution in [0.3, 0.4) is 0 Å². The van der Waals surface area contributed by atoms with Gasteiger partial charge in [0, 0.05) is 5.69 Å². The molecule has 2 aromatic rings. The molecule has 0 spiro atoms. The molecule has 3 rings (SSSR count). The van der Waals surface area contributed by atoms with E-state index in [1.165, 1.54) is 23.6 Å². The molecule has 1 aliphatic heterocycles. The summed E-state index contributed by atoms with van der Waals surface area (Å²) < 4.78 is 11.2. The van der Waals surface area contributed by atoms with E-state index < -0.39 is 11.6 Å². The molecule has 0 atom stereocenters. The van der Waals surface area contributed by atoms with Crippen LogP contribution in [-0.2, 0) is 16.1 Å². The summed E-state index contributed by atoms with van der Waals surface area (Å²) in [5, 5.41) is 9.33. The predicted molar refractivity (Wildman–Crippen MR) is 119 cm³/mol. The van der Waals surface area contributed by atoms with Gasteiger partial charge in [-0.05, 0) is 75.6 Å². The van der Waals surface area contributed by atoms with Crippen LogP contribution in [0.4, 0.5) is 10.5 Å². The number of aliphatic carboxylic acids is 1. The van der Waals surface area contributed by atoms with Crippen molar-refractivity contribution in [3.05, 3.63) is 53.1 Å². The van der Waals surface area contributed by atoms with E-state index in [2.05, 4.69) is 0 Å². The second-order valence-electron chi connectivity index (χ2n) is 8.25. The largest absolute Gasteiger partial charge is 0.494 e. The van der Waals surface area contributed by atoms with Gasteiger partial charge < -0.3 is 14.6 Å². The van der Waals surface area contributed by atoms with Gasteiger partial charge in [0.15, 0.2) is 5.60 Å². The Labute approximate surface area is 187 Å². The average molecular weight is 440 g/mol. The molecule has 0 aromatic heterocycles. The monoisotopic (exact) mass is 440 g/mol. The molecule has 3 amide bonds. The molecule has 1 aliphatic rings. The number of carboxylic acid groups (broad SMARTS) is 1. The van der Waals surface area contributed by atoms with Crippen molar-refractivity contribution in [2.45, 2.75) is 46.8 Å². The maximum absolute atomic E-state index is 12.9. The van der Waals surface area contributed by atoms with E-state index >= 15 is 0 Å². The summed E-state index contributed by atoms with van der Waals surface area (Å²) in [5.41, 5.74) is 1.47. The first-order valence-corrected chi connectivity index (χ1v) is 10.4. The van der Waals surface area contributed by atoms with E-state index in [4.69, 9.17) is 9.47 Å². The maximum atomic E-state index is 12.9. The van der Waals surface area contributed by atoms with Crippen LogP contribution < -0.4 is 14.4 Å². The highest BCUT2D eigenvalue weighted by Crippen LogP contribution is 2.30. The number of carboxylic acids is 1. The van der Waals surface area contributed by atoms with Crippen molar-refractivity contribution in [1.82, 2.24) is 4.90 Å². The standard InChI is InChI=1S/C24H28N2O6/c1-6-31-19-9-7-18(8-10-19)25-14-20(27)26(23(25)30)13-17-11-15(2)21(16(3)12-17)32-24(4,5)22(28)29/h7-12H,6,13-14H2,1-5H3,(H,28,29). The summed E-state index contributed by atoms with van der Waals surface area (Å²) in [5.74, 6) is -0.170. The van der Waals surface area contributed by atoms with Gasteiger partial charge in [-0.2, -0.15) is 0 Å². The van der Waals surface area contributed by atoms with Gasteiger partial charge in [-0.1, -0.05) is 12.1 Å². The van der Waals surface area contributed by atoms with Crippen LogP contribution in [0.1, 0.15) is 37.5 Å². The molecule has 1 saturated heterocycles. The lowest BCUT2D eigenvalue weighted by Crippen LogP contribution is -2.38. The molecule has 8 heteroatoms. The van der Waals surface area contributed by atoms with Gasteiger partial charge in [0.2, 0.25) is 0 Å². The maximum Gasteiger partial charge on any atom is 0.347 e. The zero-order chi connectivity index (χ0) is 23.6. The molecule has 0 unspecified atom stereocenters. The van der Waals surface area contributed by atoms with Crippen LogP contribution >= 0.6 is 0 Å². The lowest BCUT2D eigenvalue weighted by atomic mass is 10.0. The smallest absolute Gasteiger partial charge is 0.347 e. The minimum atomic E-state index is -1.38. The van der Waals surface area contributed by atoms with Crippen LogP contribution in [-0.4, -0.2) is 46.7 Å². The van der Waals surface area contributed by atoms with E-state index in [1.54, 1.807) is 36.4 Å². The van der Waals surface area contributed by atoms with Crippen molar-refractivity contribution < 1.29 is 29.0 Å². The number of carbonyl (C=O) groups excluding carboxylic acids is 2. The Morgan fingerprint density at radius 1 is 1.09 bits per heavy atom. The van der Waals surface area contributed by atoms with Gasteiger partial charge in [0.05, 0.1) is 13.2 Å². The topological polar surface area (TPSA) is 96.4 Å². The van der Waals surface area contributed by atoms with Crippen molar-refractivity contribution in [1.29, 1.82) is 0 Å². The number of benzene rings is 2. The number of urea groups is 1. The molecular weight excluding hydrogens is 412 g/mol. The first kappa shape index (κ1) is 23.1. The van der Waals surface area contributed by atoms with Crippen LogP contribution in [0.2, 0.25) is 0 Å². The van der Waals surface area contributed by atoms with Crippen molar-refractivity contribution in [3.63, 3.8) is 0 Å². The second-order valence-corrected chi connectivity index (χ2v) is 8.25. The molecule has 0 radical (unpaired) electrons. The van der Waals surface area contributed by atoms with Crippen LogP contribution in [0.25, 0.3) is 0 Å². The Morgan fingerprint density at radius 3 is 2.22 bits per heavy atom. The van der Waals surface area contributed by atoms with Gasteiger partial charge in [-0.25, -0.2) is 9.59 Å². The molecule has 1 fully saturated rings. The Kier molecular flexibility index (Phi) is 6.43. The number of amides is 3. The molecule has 1 heterocycles. The minimum absolute atomic E-state index is 0.0290. The third kappa shape index (κ3) is 4.69. The first-order valence-electron chi connectivity index (χ1n) is 10.4. The number of aryl methyl sites for hydroxylation is 2. The Morgan fingerprint density at radius 2 is 1.69 bits per heavy atom. The van der Waals surface area contributed by atoms with Gasteiger partial charge in [0.25, 0.3) is 5.91 Å². The van der Waals surface area contributed by atoms with Crippen molar-refractivity contribution >= 4 is 23.6 Å². The zero-order valence-electron chi connectivity index (χ0n) is 19.0. The third-order valence-electron chi connectivity index (χ3n) is 5.25. The first-order chi connectivity index (χ1) is 15.0. The van der Waals surface area contributed by atoms with E-state index in [0.717, 1.165) is 16.7 Å². The predicted octanol–water partition coefficient (Wildman–Crippen LogP) is 3.91. The molecule has 2 aromatic carbocycles. The highest BCUT2D eigenvalue weighted by atomic mass is 16.5. The fourth-order valence-corrected chi connectivity index (χ4v) is 3.56. The molecule has 170 valence electrons. The number of carbonyl (C=O) groups is 3. The van der Waals surface area contributed by atoms with Crippen molar-refractivity contribution in [2.24, 2.45) is 0 Å². The van der Waals surface area contributed by atoms with Gasteiger partial charge >= 0.3 is 12.0 Å². The molecule has 0 bridgehead atoms. The average Bonchev–Trinajstić information content (AvgIpc) is 3.00. The molecule has 32 heavy (non-hydrogen) atoms. The molecular formula is C24H28N2O6. The number of nitrogens with zero attached hydrogens (tertiary/aromatic N) is 2. The minimum Gasteiger partial charge on any atom is -0.494 e. The van der Waals surface area contributed by atoms with E-state index in [1.807, 2.05) is 20.8 Å². The number of hydrogen-bond donors (Lipinski definition) is 1. The molecule has 1 N–H and O–H groups in total. The van der Waals surface area contributed by atoms with E-state index in [-0.39, 0.29) is 25.0 Å². The lowest BCUT2D eigenvalue weighted by Gasteiger charge is -2.25. The Hall–Kier alpha value is -3.55. The SMILES string of the molecule is CCOc1ccc(N2CC(=O)N(Cc3cc(C)c(OC(C)(C)C(=O)O)c(C)c3)C2=O)cc1. The highest BCUT2D eigenvalue weighted by Gasteiger charge is 2.37. The van der Waals surface area contributed by atoms with Crippen molar-refractivity contribution in [3.8, 4) is 11.5 Å². The van der Waals surface area contributed by atoms with Gasteiger partial charge in [-0.3, -0.25) is 14.6 Å². The Balaban J connectivity index is 1.77. The summed E-state index contributed by atoms with van der Waals surface area (Å²) in [7, 11) is 0. The second kappa shape index (κ2) is 8.90. The van der Waals surface area contributed by atoms with E-state index in [0.29, 0.717) is 23.8 Å². The quantitative estimate of drug-likeness (QED) is 0.625. The number of hydrogen-bond acceptors (Lipinski definition) is 5. The summed E-state index contributed by atoms with van der Waals surface area (Å²) in [6.07, 6.45) is 0. The third-order valence-corrected chi connectivity index (χ3v) is 5.25.